The van der Waals surface area contributed by atoms with Crippen molar-refractivity contribution in [3.05, 3.63) is 29.3 Å². The molecule has 1 amide bonds. The predicted molar refractivity (Wildman–Crippen MR) is 81.9 cm³/mol. The van der Waals surface area contributed by atoms with Crippen LogP contribution in [0.1, 0.15) is 38.3 Å². The van der Waals surface area contributed by atoms with Gasteiger partial charge in [-0.25, -0.2) is 0 Å². The standard InChI is InChI=1S/C16H26N2O2/c1-11(2)18-16(5,15(17)19)9-10-20-14-12(3)7-6-8-13(14)4/h6-8,11,18H,9-10H2,1-5H3,(H2,17,19). The number of rotatable bonds is 7. The van der Waals surface area contributed by atoms with Crippen LogP contribution in [0.5, 0.6) is 5.75 Å². The normalized spacial score (nSPS) is 14.1. The molecule has 0 heterocycles. The van der Waals surface area contributed by atoms with E-state index in [1.54, 1.807) is 0 Å². The molecule has 0 aromatic heterocycles. The molecule has 1 unspecified atom stereocenters. The Morgan fingerprint density at radius 3 is 2.35 bits per heavy atom. The van der Waals surface area contributed by atoms with E-state index >= 15 is 0 Å². The maximum atomic E-state index is 11.6. The molecule has 3 N–H and O–H groups in total. The molecule has 20 heavy (non-hydrogen) atoms. The Hall–Kier alpha value is -1.55. The maximum Gasteiger partial charge on any atom is 0.237 e. The van der Waals surface area contributed by atoms with Gasteiger partial charge in [-0.1, -0.05) is 18.2 Å². The molecule has 0 fully saturated rings. The molecule has 0 radical (unpaired) electrons. The summed E-state index contributed by atoms with van der Waals surface area (Å²) in [6, 6.07) is 6.22. The number of hydrogen-bond donors (Lipinski definition) is 2. The van der Waals surface area contributed by atoms with Crippen molar-refractivity contribution in [3.8, 4) is 5.75 Å². The van der Waals surface area contributed by atoms with E-state index in [1.165, 1.54) is 0 Å². The minimum absolute atomic E-state index is 0.188. The van der Waals surface area contributed by atoms with E-state index in [2.05, 4.69) is 5.32 Å². The molecule has 4 heteroatoms. The summed E-state index contributed by atoms with van der Waals surface area (Å²) in [4.78, 5) is 11.6. The lowest BCUT2D eigenvalue weighted by molar-refractivity contribution is -0.124. The van der Waals surface area contributed by atoms with E-state index in [-0.39, 0.29) is 11.9 Å². The van der Waals surface area contributed by atoms with Gasteiger partial charge in [0.05, 0.1) is 12.1 Å². The van der Waals surface area contributed by atoms with Crippen molar-refractivity contribution in [3.63, 3.8) is 0 Å². The summed E-state index contributed by atoms with van der Waals surface area (Å²) in [7, 11) is 0. The Labute approximate surface area is 121 Å². The van der Waals surface area contributed by atoms with Gasteiger partial charge < -0.3 is 15.8 Å². The predicted octanol–water partition coefficient (Wildman–Crippen LogP) is 2.31. The summed E-state index contributed by atoms with van der Waals surface area (Å²) in [5.41, 5.74) is 6.96. The van der Waals surface area contributed by atoms with Gasteiger partial charge in [0.15, 0.2) is 0 Å². The zero-order valence-corrected chi connectivity index (χ0v) is 13.1. The van der Waals surface area contributed by atoms with Crippen LogP contribution < -0.4 is 15.8 Å². The summed E-state index contributed by atoms with van der Waals surface area (Å²) in [5.74, 6) is 0.542. The summed E-state index contributed by atoms with van der Waals surface area (Å²) >= 11 is 0. The Bertz CT molecular complexity index is 451. The highest BCUT2D eigenvalue weighted by Crippen LogP contribution is 2.23. The quantitative estimate of drug-likeness (QED) is 0.804. The number of para-hydroxylation sites is 1. The monoisotopic (exact) mass is 278 g/mol. The van der Waals surface area contributed by atoms with Crippen LogP contribution in [0.15, 0.2) is 18.2 Å². The number of hydrogen-bond acceptors (Lipinski definition) is 3. The van der Waals surface area contributed by atoms with Crippen molar-refractivity contribution < 1.29 is 9.53 Å². The number of nitrogens with two attached hydrogens (primary N) is 1. The average molecular weight is 278 g/mol. The Balaban J connectivity index is 2.68. The molecule has 4 nitrogen and oxygen atoms in total. The maximum absolute atomic E-state index is 11.6. The Morgan fingerprint density at radius 2 is 1.90 bits per heavy atom. The molecule has 1 atom stereocenters. The number of aryl methyl sites for hydroxylation is 2. The van der Waals surface area contributed by atoms with Gasteiger partial charge in [0.25, 0.3) is 0 Å². The lowest BCUT2D eigenvalue weighted by atomic mass is 9.96. The number of amides is 1. The first kappa shape index (κ1) is 16.5. The molecule has 1 rings (SSSR count). The van der Waals surface area contributed by atoms with E-state index in [0.717, 1.165) is 16.9 Å². The summed E-state index contributed by atoms with van der Waals surface area (Å²) < 4.78 is 5.85. The fourth-order valence-electron chi connectivity index (χ4n) is 2.29. The fourth-order valence-corrected chi connectivity index (χ4v) is 2.29. The lowest BCUT2D eigenvalue weighted by Crippen LogP contribution is -2.56. The minimum atomic E-state index is -0.745. The third-order valence-corrected chi connectivity index (χ3v) is 3.41. The van der Waals surface area contributed by atoms with Gasteiger partial charge in [0, 0.05) is 12.5 Å². The molecular weight excluding hydrogens is 252 g/mol. The van der Waals surface area contributed by atoms with Gasteiger partial charge >= 0.3 is 0 Å². The molecular formula is C16H26N2O2. The smallest absolute Gasteiger partial charge is 0.237 e. The molecule has 0 aliphatic heterocycles. The van der Waals surface area contributed by atoms with E-state index in [4.69, 9.17) is 10.5 Å². The minimum Gasteiger partial charge on any atom is -0.493 e. The molecule has 1 aromatic rings. The third kappa shape index (κ3) is 4.23. The van der Waals surface area contributed by atoms with Crippen LogP contribution in [0.2, 0.25) is 0 Å². The van der Waals surface area contributed by atoms with Crippen LogP contribution in [0, 0.1) is 13.8 Å². The second kappa shape index (κ2) is 6.75. The zero-order chi connectivity index (χ0) is 15.3. The Morgan fingerprint density at radius 1 is 1.35 bits per heavy atom. The number of ether oxygens (including phenoxy) is 1. The molecule has 0 aliphatic carbocycles. The fraction of sp³-hybridized carbons (Fsp3) is 0.562. The molecule has 1 aromatic carbocycles. The first-order valence-electron chi connectivity index (χ1n) is 7.03. The Kier molecular flexibility index (Phi) is 5.57. The largest absolute Gasteiger partial charge is 0.493 e. The third-order valence-electron chi connectivity index (χ3n) is 3.41. The topological polar surface area (TPSA) is 64.3 Å². The van der Waals surface area contributed by atoms with Crippen LogP contribution in [0.4, 0.5) is 0 Å². The second-order valence-corrected chi connectivity index (χ2v) is 5.81. The first-order chi connectivity index (χ1) is 9.26. The van der Waals surface area contributed by atoms with Crippen molar-refractivity contribution in [2.24, 2.45) is 5.73 Å². The number of nitrogens with one attached hydrogen (secondary N) is 1. The van der Waals surface area contributed by atoms with E-state index in [1.807, 2.05) is 52.8 Å². The molecule has 0 aliphatic rings. The van der Waals surface area contributed by atoms with E-state index in [9.17, 15) is 4.79 Å². The SMILES string of the molecule is Cc1cccc(C)c1OCCC(C)(NC(C)C)C(N)=O. The molecule has 0 spiro atoms. The molecule has 0 saturated heterocycles. The van der Waals surface area contributed by atoms with Crippen LogP contribution in [0.25, 0.3) is 0 Å². The van der Waals surface area contributed by atoms with Crippen LogP contribution in [-0.2, 0) is 4.79 Å². The first-order valence-corrected chi connectivity index (χ1v) is 7.03. The number of benzene rings is 1. The van der Waals surface area contributed by atoms with Gasteiger partial charge in [-0.15, -0.1) is 0 Å². The molecule has 0 saturated carbocycles. The molecule has 112 valence electrons. The zero-order valence-electron chi connectivity index (χ0n) is 13.1. The summed E-state index contributed by atoms with van der Waals surface area (Å²) in [5, 5.41) is 3.22. The van der Waals surface area contributed by atoms with E-state index < -0.39 is 5.54 Å². The van der Waals surface area contributed by atoms with Gasteiger partial charge in [-0.3, -0.25) is 4.79 Å². The van der Waals surface area contributed by atoms with Crippen molar-refractivity contribution in [1.82, 2.24) is 5.32 Å². The van der Waals surface area contributed by atoms with Crippen LogP contribution in [0.3, 0.4) is 0 Å². The summed E-state index contributed by atoms with van der Waals surface area (Å²) in [6.07, 6.45) is 0.536. The highest BCUT2D eigenvalue weighted by atomic mass is 16.5. The van der Waals surface area contributed by atoms with Crippen molar-refractivity contribution in [1.29, 1.82) is 0 Å². The van der Waals surface area contributed by atoms with Crippen LogP contribution in [-0.4, -0.2) is 24.1 Å². The number of primary amides is 1. The second-order valence-electron chi connectivity index (χ2n) is 5.81. The summed E-state index contributed by atoms with van der Waals surface area (Å²) in [6.45, 7) is 10.3. The van der Waals surface area contributed by atoms with Gasteiger partial charge in [0.2, 0.25) is 5.91 Å². The van der Waals surface area contributed by atoms with Gasteiger partial charge in [-0.2, -0.15) is 0 Å². The lowest BCUT2D eigenvalue weighted by Gasteiger charge is -2.30. The van der Waals surface area contributed by atoms with E-state index in [0.29, 0.717) is 13.0 Å². The van der Waals surface area contributed by atoms with Gasteiger partial charge in [-0.05, 0) is 45.7 Å². The van der Waals surface area contributed by atoms with Crippen molar-refractivity contribution in [2.75, 3.05) is 6.61 Å². The highest BCUT2D eigenvalue weighted by molar-refractivity contribution is 5.84. The van der Waals surface area contributed by atoms with Crippen molar-refractivity contribution in [2.45, 2.75) is 52.6 Å². The average Bonchev–Trinajstić information content (AvgIpc) is 2.32. The number of carbonyl (C=O) groups excluding carboxylic acids is 1. The van der Waals surface area contributed by atoms with Gasteiger partial charge in [0.1, 0.15) is 5.75 Å². The number of carbonyl (C=O) groups is 1. The van der Waals surface area contributed by atoms with Crippen molar-refractivity contribution >= 4 is 5.91 Å². The van der Waals surface area contributed by atoms with Crippen LogP contribution >= 0.6 is 0 Å². The molecule has 0 bridgehead atoms. The highest BCUT2D eigenvalue weighted by Gasteiger charge is 2.31.